The molecule has 3 nitrogen and oxygen atoms in total. The van der Waals surface area contributed by atoms with E-state index in [1.54, 1.807) is 13.0 Å². The van der Waals surface area contributed by atoms with E-state index in [0.29, 0.717) is 6.42 Å². The lowest BCUT2D eigenvalue weighted by Crippen LogP contribution is -2.18. The fourth-order valence-corrected chi connectivity index (χ4v) is 1.04. The van der Waals surface area contributed by atoms with Gasteiger partial charge in [0.25, 0.3) is 0 Å². The smallest absolute Gasteiger partial charge is 0.157 e. The SMILES string of the molecule is C/C=C/C(=O)C[C@H](CC(C)=O)OC. The van der Waals surface area contributed by atoms with Gasteiger partial charge in [0.05, 0.1) is 6.10 Å². The van der Waals surface area contributed by atoms with E-state index in [9.17, 15) is 9.59 Å². The first kappa shape index (κ1) is 12.0. The van der Waals surface area contributed by atoms with Gasteiger partial charge in [-0.1, -0.05) is 6.08 Å². The number of hydrogen-bond acceptors (Lipinski definition) is 3. The average molecular weight is 184 g/mol. The second-order valence-electron chi connectivity index (χ2n) is 2.93. The summed E-state index contributed by atoms with van der Waals surface area (Å²) in [5.74, 6) is 0.0377. The summed E-state index contributed by atoms with van der Waals surface area (Å²) >= 11 is 0. The van der Waals surface area contributed by atoms with Crippen LogP contribution in [0.2, 0.25) is 0 Å². The molecule has 0 aliphatic rings. The first-order valence-electron chi connectivity index (χ1n) is 4.28. The molecule has 0 N–H and O–H groups in total. The van der Waals surface area contributed by atoms with Crippen molar-refractivity contribution in [3.05, 3.63) is 12.2 Å². The third-order valence-electron chi connectivity index (χ3n) is 1.63. The molecule has 0 aliphatic heterocycles. The van der Waals surface area contributed by atoms with Crippen LogP contribution in [0.25, 0.3) is 0 Å². The van der Waals surface area contributed by atoms with E-state index in [4.69, 9.17) is 4.74 Å². The predicted octanol–water partition coefficient (Wildman–Crippen LogP) is 1.52. The molecule has 0 saturated heterocycles. The Kier molecular flexibility index (Phi) is 6.06. The van der Waals surface area contributed by atoms with Gasteiger partial charge in [-0.25, -0.2) is 0 Å². The van der Waals surface area contributed by atoms with Crippen LogP contribution in [-0.2, 0) is 14.3 Å². The molecule has 74 valence electrons. The van der Waals surface area contributed by atoms with E-state index in [0.717, 1.165) is 0 Å². The van der Waals surface area contributed by atoms with E-state index in [-0.39, 0.29) is 24.1 Å². The molecule has 0 saturated carbocycles. The third kappa shape index (κ3) is 6.22. The molecular formula is C10H16O3. The monoisotopic (exact) mass is 184 g/mol. The zero-order chi connectivity index (χ0) is 10.3. The van der Waals surface area contributed by atoms with Gasteiger partial charge in [0, 0.05) is 20.0 Å². The first-order chi connectivity index (χ1) is 6.10. The Morgan fingerprint density at radius 3 is 2.38 bits per heavy atom. The summed E-state index contributed by atoms with van der Waals surface area (Å²) in [7, 11) is 1.51. The normalized spacial score (nSPS) is 13.2. The largest absolute Gasteiger partial charge is 0.381 e. The average Bonchev–Trinajstić information content (AvgIpc) is 2.02. The van der Waals surface area contributed by atoms with Crippen LogP contribution in [0.1, 0.15) is 26.7 Å². The Bertz CT molecular complexity index is 206. The Hall–Kier alpha value is -0.960. The van der Waals surface area contributed by atoms with E-state index >= 15 is 0 Å². The van der Waals surface area contributed by atoms with Gasteiger partial charge >= 0.3 is 0 Å². The quantitative estimate of drug-likeness (QED) is 0.588. The molecule has 0 aromatic rings. The van der Waals surface area contributed by atoms with Gasteiger partial charge in [-0.3, -0.25) is 9.59 Å². The van der Waals surface area contributed by atoms with E-state index in [2.05, 4.69) is 0 Å². The summed E-state index contributed by atoms with van der Waals surface area (Å²) in [4.78, 5) is 21.9. The van der Waals surface area contributed by atoms with Gasteiger partial charge in [0.2, 0.25) is 0 Å². The van der Waals surface area contributed by atoms with Crippen molar-refractivity contribution in [3.63, 3.8) is 0 Å². The van der Waals surface area contributed by atoms with Crippen molar-refractivity contribution in [1.82, 2.24) is 0 Å². The lowest BCUT2D eigenvalue weighted by atomic mass is 10.1. The summed E-state index contributed by atoms with van der Waals surface area (Å²) in [6, 6.07) is 0. The zero-order valence-corrected chi connectivity index (χ0v) is 8.37. The maximum absolute atomic E-state index is 11.1. The minimum Gasteiger partial charge on any atom is -0.381 e. The van der Waals surface area contributed by atoms with E-state index in [1.807, 2.05) is 0 Å². The molecule has 0 heterocycles. The summed E-state index contributed by atoms with van der Waals surface area (Å²) < 4.78 is 5.00. The molecule has 0 rings (SSSR count). The van der Waals surface area contributed by atoms with Gasteiger partial charge in [-0.05, 0) is 19.9 Å². The van der Waals surface area contributed by atoms with Gasteiger partial charge in [-0.2, -0.15) is 0 Å². The maximum atomic E-state index is 11.1. The topological polar surface area (TPSA) is 43.4 Å². The Morgan fingerprint density at radius 1 is 1.38 bits per heavy atom. The standard InChI is InChI=1S/C10H16O3/c1-4-5-9(12)7-10(13-3)6-8(2)11/h4-5,10H,6-7H2,1-3H3/b5-4+/t10-/m0/s1. The summed E-state index contributed by atoms with van der Waals surface area (Å²) in [5.41, 5.74) is 0. The van der Waals surface area contributed by atoms with Crippen LogP contribution >= 0.6 is 0 Å². The zero-order valence-electron chi connectivity index (χ0n) is 8.37. The lowest BCUT2D eigenvalue weighted by molar-refractivity contribution is -0.121. The highest BCUT2D eigenvalue weighted by Gasteiger charge is 2.12. The maximum Gasteiger partial charge on any atom is 0.157 e. The first-order valence-corrected chi connectivity index (χ1v) is 4.28. The minimum atomic E-state index is -0.277. The Labute approximate surface area is 78.8 Å². The lowest BCUT2D eigenvalue weighted by Gasteiger charge is -2.10. The third-order valence-corrected chi connectivity index (χ3v) is 1.63. The molecule has 0 aromatic heterocycles. The number of Topliss-reactive ketones (excluding diaryl/α,β-unsaturated/α-hetero) is 1. The van der Waals surface area contributed by atoms with Gasteiger partial charge in [0.15, 0.2) is 5.78 Å². The van der Waals surface area contributed by atoms with Crippen LogP contribution < -0.4 is 0 Å². The van der Waals surface area contributed by atoms with Crippen LogP contribution in [0.3, 0.4) is 0 Å². The molecule has 0 spiro atoms. The Morgan fingerprint density at radius 2 is 2.00 bits per heavy atom. The predicted molar refractivity (Wildman–Crippen MR) is 50.5 cm³/mol. The van der Waals surface area contributed by atoms with Crippen molar-refractivity contribution in [2.45, 2.75) is 32.8 Å². The molecular weight excluding hydrogens is 168 g/mol. The number of carbonyl (C=O) groups is 2. The summed E-state index contributed by atoms with van der Waals surface area (Å²) in [5, 5.41) is 0. The van der Waals surface area contributed by atoms with Crippen LogP contribution in [0.15, 0.2) is 12.2 Å². The molecule has 13 heavy (non-hydrogen) atoms. The second-order valence-corrected chi connectivity index (χ2v) is 2.93. The summed E-state index contributed by atoms with van der Waals surface area (Å²) in [6.45, 7) is 3.27. The number of carbonyl (C=O) groups excluding carboxylic acids is 2. The van der Waals surface area contributed by atoms with Gasteiger partial charge < -0.3 is 4.74 Å². The van der Waals surface area contributed by atoms with Crippen molar-refractivity contribution < 1.29 is 14.3 Å². The van der Waals surface area contributed by atoms with Crippen LogP contribution in [0.5, 0.6) is 0 Å². The molecule has 3 heteroatoms. The number of ketones is 2. The molecule has 0 bridgehead atoms. The Balaban J connectivity index is 3.97. The molecule has 1 atom stereocenters. The van der Waals surface area contributed by atoms with Crippen molar-refractivity contribution >= 4 is 11.6 Å². The molecule has 0 aromatic carbocycles. The molecule has 0 aliphatic carbocycles. The van der Waals surface area contributed by atoms with Gasteiger partial charge in [-0.15, -0.1) is 0 Å². The van der Waals surface area contributed by atoms with Crippen LogP contribution in [-0.4, -0.2) is 24.8 Å². The fraction of sp³-hybridized carbons (Fsp3) is 0.600. The van der Waals surface area contributed by atoms with E-state index in [1.165, 1.54) is 20.1 Å². The fourth-order valence-electron chi connectivity index (χ4n) is 1.04. The van der Waals surface area contributed by atoms with E-state index < -0.39 is 0 Å². The van der Waals surface area contributed by atoms with Crippen molar-refractivity contribution in [3.8, 4) is 0 Å². The highest BCUT2D eigenvalue weighted by molar-refractivity contribution is 5.90. The second kappa shape index (κ2) is 6.54. The van der Waals surface area contributed by atoms with Crippen molar-refractivity contribution in [2.24, 2.45) is 0 Å². The number of rotatable bonds is 6. The molecule has 0 radical (unpaired) electrons. The highest BCUT2D eigenvalue weighted by Crippen LogP contribution is 2.04. The number of allylic oxidation sites excluding steroid dienone is 2. The van der Waals surface area contributed by atoms with Gasteiger partial charge in [0.1, 0.15) is 5.78 Å². The summed E-state index contributed by atoms with van der Waals surface area (Å²) in [6.07, 6.45) is 3.48. The van der Waals surface area contributed by atoms with Crippen molar-refractivity contribution in [2.75, 3.05) is 7.11 Å². The van der Waals surface area contributed by atoms with Crippen LogP contribution in [0, 0.1) is 0 Å². The molecule has 0 fully saturated rings. The van der Waals surface area contributed by atoms with Crippen molar-refractivity contribution in [1.29, 1.82) is 0 Å². The number of ether oxygens (including phenoxy) is 1. The number of hydrogen-bond donors (Lipinski definition) is 0. The molecule has 0 unspecified atom stereocenters. The van der Waals surface area contributed by atoms with Crippen LogP contribution in [0.4, 0.5) is 0 Å². The highest BCUT2D eigenvalue weighted by atomic mass is 16.5. The molecule has 0 amide bonds. The number of methoxy groups -OCH3 is 1. The minimum absolute atomic E-state index is 0.00407.